The molecule has 0 amide bonds. The van der Waals surface area contributed by atoms with E-state index in [9.17, 15) is 9.65 Å². The zero-order valence-corrected chi connectivity index (χ0v) is 15.2. The van der Waals surface area contributed by atoms with Crippen LogP contribution in [0.25, 0.3) is 0 Å². The molecule has 0 saturated carbocycles. The van der Waals surface area contributed by atoms with E-state index in [0.717, 1.165) is 18.2 Å². The van der Waals surface area contributed by atoms with Gasteiger partial charge in [-0.15, -0.1) is 0 Å². The molecule has 0 fully saturated rings. The Balaban J connectivity index is 3.52. The van der Waals surface area contributed by atoms with Gasteiger partial charge in [-0.25, -0.2) is 4.39 Å². The van der Waals surface area contributed by atoms with Crippen LogP contribution in [0.4, 0.5) is 4.39 Å². The van der Waals surface area contributed by atoms with Crippen molar-refractivity contribution in [2.75, 3.05) is 6.56 Å². The van der Waals surface area contributed by atoms with E-state index in [-0.39, 0.29) is 27.8 Å². The summed E-state index contributed by atoms with van der Waals surface area (Å²) in [5.41, 5.74) is -0.275. The van der Waals surface area contributed by atoms with E-state index in [2.05, 4.69) is 0 Å². The summed E-state index contributed by atoms with van der Waals surface area (Å²) in [6, 6.07) is 4.92. The number of halogens is 1. The van der Waals surface area contributed by atoms with Gasteiger partial charge in [0.15, 0.2) is 8.32 Å². The standard InChI is InChI=1S/C18H28FNOSi/c1-13(2)22(14(3)4,15(5)6)21-10-9-16-11-18(19)8-7-17(16)12-20/h7-8,11,13-15H,9-10H2,1-6H3/i9D2,10D2. The van der Waals surface area contributed by atoms with E-state index in [1.807, 2.05) is 47.6 Å². The molecule has 0 aromatic heterocycles. The average Bonchev–Trinajstić information content (AvgIpc) is 2.51. The van der Waals surface area contributed by atoms with E-state index in [1.54, 1.807) is 0 Å². The van der Waals surface area contributed by atoms with Crippen LogP contribution in [0.5, 0.6) is 0 Å². The highest BCUT2D eigenvalue weighted by molar-refractivity contribution is 6.77. The van der Waals surface area contributed by atoms with Gasteiger partial charge in [-0.3, -0.25) is 0 Å². The van der Waals surface area contributed by atoms with Crippen molar-refractivity contribution < 1.29 is 14.3 Å². The maximum atomic E-state index is 13.7. The first kappa shape index (κ1) is 13.3. The Morgan fingerprint density at radius 1 is 1.18 bits per heavy atom. The van der Waals surface area contributed by atoms with Crippen LogP contribution in [-0.4, -0.2) is 14.9 Å². The molecule has 0 bridgehead atoms. The van der Waals surface area contributed by atoms with Crippen molar-refractivity contribution in [1.29, 1.82) is 5.26 Å². The minimum absolute atomic E-state index is 0.0521. The Hall–Kier alpha value is -1.18. The van der Waals surface area contributed by atoms with Gasteiger partial charge in [0, 0.05) is 9.30 Å². The van der Waals surface area contributed by atoms with Crippen molar-refractivity contribution in [3.05, 3.63) is 35.1 Å². The van der Waals surface area contributed by atoms with Crippen LogP contribution in [0, 0.1) is 17.1 Å². The Kier molecular flexibility index (Phi) is 4.76. The highest BCUT2D eigenvalue weighted by Gasteiger charge is 2.44. The third-order valence-corrected chi connectivity index (χ3v) is 10.1. The van der Waals surface area contributed by atoms with Gasteiger partial charge >= 0.3 is 0 Å². The summed E-state index contributed by atoms with van der Waals surface area (Å²) in [6.45, 7) is 9.13. The number of rotatable bonds is 7. The molecule has 0 radical (unpaired) electrons. The molecule has 0 heterocycles. The van der Waals surface area contributed by atoms with Crippen LogP contribution in [0.3, 0.4) is 0 Å². The van der Waals surface area contributed by atoms with E-state index < -0.39 is 27.1 Å². The van der Waals surface area contributed by atoms with Crippen LogP contribution in [0.1, 0.15) is 58.2 Å². The van der Waals surface area contributed by atoms with Crippen molar-refractivity contribution in [3.63, 3.8) is 0 Å². The minimum atomic E-state index is -2.74. The van der Waals surface area contributed by atoms with Gasteiger partial charge in [0.05, 0.1) is 14.4 Å². The Labute approximate surface area is 141 Å². The zero-order valence-electron chi connectivity index (χ0n) is 18.2. The van der Waals surface area contributed by atoms with Gasteiger partial charge in [-0.1, -0.05) is 41.5 Å². The molecule has 0 atom stereocenters. The zero-order chi connectivity index (χ0) is 20.5. The summed E-state index contributed by atoms with van der Waals surface area (Å²) in [5, 5.41) is 9.24. The van der Waals surface area contributed by atoms with Gasteiger partial charge in [-0.2, -0.15) is 5.26 Å². The molecule has 0 aliphatic rings. The van der Waals surface area contributed by atoms with Gasteiger partial charge in [0.25, 0.3) is 0 Å². The predicted octanol–water partition coefficient (Wildman–Crippen LogP) is 5.43. The summed E-state index contributed by atoms with van der Waals surface area (Å²) in [6.07, 6.45) is -2.68. The van der Waals surface area contributed by atoms with Crippen molar-refractivity contribution in [2.45, 2.75) is 64.5 Å². The van der Waals surface area contributed by atoms with Crippen molar-refractivity contribution >= 4 is 8.32 Å². The first-order valence-electron chi connectivity index (χ1n) is 9.64. The van der Waals surface area contributed by atoms with Gasteiger partial charge in [0.1, 0.15) is 5.82 Å². The van der Waals surface area contributed by atoms with E-state index in [1.165, 1.54) is 0 Å². The van der Waals surface area contributed by atoms with E-state index in [0.29, 0.717) is 0 Å². The fourth-order valence-electron chi connectivity index (χ4n) is 3.24. The number of nitrogens with zero attached hydrogens (tertiary/aromatic N) is 1. The van der Waals surface area contributed by atoms with Crippen molar-refractivity contribution in [1.82, 2.24) is 0 Å². The molecule has 0 spiro atoms. The minimum Gasteiger partial charge on any atom is -0.416 e. The monoisotopic (exact) mass is 325 g/mol. The molecule has 1 rings (SSSR count). The highest BCUT2D eigenvalue weighted by atomic mass is 28.4. The molecule has 122 valence electrons. The summed E-state index contributed by atoms with van der Waals surface area (Å²) in [7, 11) is -2.74. The first-order chi connectivity index (χ1) is 11.7. The Bertz CT molecular complexity index is 664. The average molecular weight is 326 g/mol. The van der Waals surface area contributed by atoms with Gasteiger partial charge in [-0.05, 0) is 46.8 Å². The molecular formula is C18H28FNOSi. The molecular weight excluding hydrogens is 293 g/mol. The summed E-state index contributed by atoms with van der Waals surface area (Å²) in [5.74, 6) is -0.723. The van der Waals surface area contributed by atoms with E-state index >= 15 is 0 Å². The number of hydrogen-bond donors (Lipinski definition) is 0. The molecule has 4 heteroatoms. The van der Waals surface area contributed by atoms with Crippen molar-refractivity contribution in [3.8, 4) is 6.07 Å². The quantitative estimate of drug-likeness (QED) is 0.626. The topological polar surface area (TPSA) is 33.0 Å². The van der Waals surface area contributed by atoms with Crippen LogP contribution in [0.2, 0.25) is 16.6 Å². The molecule has 1 aromatic carbocycles. The summed E-state index contributed by atoms with van der Waals surface area (Å²) in [4.78, 5) is 0. The second kappa shape index (κ2) is 7.89. The lowest BCUT2D eigenvalue weighted by molar-refractivity contribution is 0.281. The molecule has 0 saturated heterocycles. The smallest absolute Gasteiger partial charge is 0.200 e. The van der Waals surface area contributed by atoms with Crippen LogP contribution < -0.4 is 0 Å². The molecule has 0 aliphatic carbocycles. The largest absolute Gasteiger partial charge is 0.416 e. The van der Waals surface area contributed by atoms with Crippen LogP contribution in [0.15, 0.2) is 18.2 Å². The number of hydrogen-bond acceptors (Lipinski definition) is 2. The van der Waals surface area contributed by atoms with E-state index in [4.69, 9.17) is 9.91 Å². The third kappa shape index (κ3) is 3.96. The van der Waals surface area contributed by atoms with Crippen molar-refractivity contribution in [2.24, 2.45) is 0 Å². The second-order valence-corrected chi connectivity index (χ2v) is 11.8. The maximum absolute atomic E-state index is 13.7. The summed E-state index contributed by atoms with van der Waals surface area (Å²) < 4.78 is 53.3. The lowest BCUT2D eigenvalue weighted by atomic mass is 10.1. The van der Waals surface area contributed by atoms with Gasteiger partial charge < -0.3 is 4.43 Å². The summed E-state index contributed by atoms with van der Waals surface area (Å²) >= 11 is 0. The Morgan fingerprint density at radius 3 is 2.18 bits per heavy atom. The van der Waals surface area contributed by atoms with Crippen LogP contribution in [-0.2, 0) is 10.8 Å². The molecule has 0 aliphatic heterocycles. The molecule has 22 heavy (non-hydrogen) atoms. The maximum Gasteiger partial charge on any atom is 0.200 e. The Morgan fingerprint density at radius 2 is 1.73 bits per heavy atom. The van der Waals surface area contributed by atoms with Crippen LogP contribution >= 0.6 is 0 Å². The lowest BCUT2D eigenvalue weighted by Gasteiger charge is -2.42. The fraction of sp³-hybridized carbons (Fsp3) is 0.611. The normalized spacial score (nSPS) is 16.2. The first-order valence-corrected chi connectivity index (χ1v) is 9.78. The molecule has 0 N–H and O–H groups in total. The highest BCUT2D eigenvalue weighted by Crippen LogP contribution is 2.42. The lowest BCUT2D eigenvalue weighted by Crippen LogP contribution is -2.48. The molecule has 0 unspecified atom stereocenters. The SMILES string of the molecule is [2H]C([2H])(O[Si](C(C)C)(C(C)C)C(C)C)C([2H])([2H])c1cc(F)ccc1C#N. The van der Waals surface area contributed by atoms with Gasteiger partial charge in [0.2, 0.25) is 0 Å². The molecule has 2 nitrogen and oxygen atoms in total. The second-order valence-electron chi connectivity index (χ2n) is 6.45. The predicted molar refractivity (Wildman–Crippen MR) is 91.8 cm³/mol. The fourth-order valence-corrected chi connectivity index (χ4v) is 8.17. The third-order valence-electron chi connectivity index (χ3n) is 4.22. The number of nitriles is 1. The number of benzene rings is 1. The molecule has 1 aromatic rings. The number of aryl methyl sites for hydroxylation is 1.